The first kappa shape index (κ1) is 14.7. The molecule has 1 atom stereocenters. The number of rotatable bonds is 4. The fraction of sp³-hybridized carbons (Fsp3) is 0.357. The van der Waals surface area contributed by atoms with E-state index in [0.29, 0.717) is 13.0 Å². The molecule has 7 nitrogen and oxygen atoms in total. The van der Waals surface area contributed by atoms with Crippen molar-refractivity contribution >= 4 is 15.7 Å². The number of benzene rings is 1. The molecule has 8 heteroatoms. The fourth-order valence-electron chi connectivity index (χ4n) is 2.41. The Morgan fingerprint density at radius 2 is 2.09 bits per heavy atom. The molecule has 1 saturated heterocycles. The van der Waals surface area contributed by atoms with E-state index in [-0.39, 0.29) is 29.0 Å². The Morgan fingerprint density at radius 1 is 1.32 bits per heavy atom. The molecule has 0 bridgehead atoms. The van der Waals surface area contributed by atoms with Crippen molar-refractivity contribution in [1.29, 1.82) is 0 Å². The summed E-state index contributed by atoms with van der Waals surface area (Å²) in [5.74, 6) is -0.00793. The maximum Gasteiger partial charge on any atom is 0.273 e. The predicted octanol–water partition coefficient (Wildman–Crippen LogP) is 0.432. The Bertz CT molecular complexity index is 770. The second kappa shape index (κ2) is 5.88. The van der Waals surface area contributed by atoms with Gasteiger partial charge >= 0.3 is 0 Å². The predicted molar refractivity (Wildman–Crippen MR) is 80.5 cm³/mol. The fourth-order valence-corrected chi connectivity index (χ4v) is 4.28. The summed E-state index contributed by atoms with van der Waals surface area (Å²) in [4.78, 5) is 13.4. The Labute approximate surface area is 128 Å². The van der Waals surface area contributed by atoms with Gasteiger partial charge in [-0.15, -0.1) is 5.10 Å². The highest BCUT2D eigenvalue weighted by atomic mass is 32.2. The van der Waals surface area contributed by atoms with Crippen LogP contribution in [0.3, 0.4) is 0 Å². The van der Waals surface area contributed by atoms with Crippen LogP contribution < -0.4 is 5.32 Å². The number of hydrogen-bond donors (Lipinski definition) is 1. The van der Waals surface area contributed by atoms with Crippen LogP contribution in [0.15, 0.2) is 36.5 Å². The first-order valence-electron chi connectivity index (χ1n) is 7.00. The van der Waals surface area contributed by atoms with Crippen molar-refractivity contribution in [3.05, 3.63) is 42.2 Å². The van der Waals surface area contributed by atoms with Gasteiger partial charge in [0.2, 0.25) is 0 Å². The highest BCUT2D eigenvalue weighted by Gasteiger charge is 2.28. The summed E-state index contributed by atoms with van der Waals surface area (Å²) in [5.41, 5.74) is 0.980. The summed E-state index contributed by atoms with van der Waals surface area (Å²) in [6, 6.07) is 9.28. The number of sulfone groups is 1. The van der Waals surface area contributed by atoms with Crippen LogP contribution in [0.1, 0.15) is 16.9 Å². The maximum absolute atomic E-state index is 12.0. The van der Waals surface area contributed by atoms with E-state index >= 15 is 0 Å². The van der Waals surface area contributed by atoms with Crippen molar-refractivity contribution in [2.75, 3.05) is 18.1 Å². The van der Waals surface area contributed by atoms with Crippen LogP contribution in [0.25, 0.3) is 5.69 Å². The molecule has 22 heavy (non-hydrogen) atoms. The smallest absolute Gasteiger partial charge is 0.273 e. The van der Waals surface area contributed by atoms with Crippen LogP contribution in [-0.2, 0) is 9.84 Å². The molecule has 0 spiro atoms. The molecule has 116 valence electrons. The average Bonchev–Trinajstić information content (AvgIpc) is 3.12. The van der Waals surface area contributed by atoms with Crippen LogP contribution in [0.2, 0.25) is 0 Å². The minimum atomic E-state index is -2.92. The minimum absolute atomic E-state index is 0.0156. The number of aromatic nitrogens is 3. The Morgan fingerprint density at radius 3 is 2.77 bits per heavy atom. The lowest BCUT2D eigenvalue weighted by Gasteiger charge is -2.07. The maximum atomic E-state index is 12.0. The SMILES string of the molecule is O=C(NCC1CCS(=O)(=O)C1)c1cnn(-c2ccccc2)n1. The van der Waals surface area contributed by atoms with Crippen LogP contribution in [0, 0.1) is 5.92 Å². The third-order valence-corrected chi connectivity index (χ3v) is 5.43. The van der Waals surface area contributed by atoms with Crippen molar-refractivity contribution in [2.45, 2.75) is 6.42 Å². The molecule has 2 heterocycles. The van der Waals surface area contributed by atoms with Crippen LogP contribution in [0.4, 0.5) is 0 Å². The van der Waals surface area contributed by atoms with Gasteiger partial charge in [-0.3, -0.25) is 4.79 Å². The average molecular weight is 320 g/mol. The van der Waals surface area contributed by atoms with Crippen molar-refractivity contribution in [3.63, 3.8) is 0 Å². The van der Waals surface area contributed by atoms with Gasteiger partial charge in [0.1, 0.15) is 0 Å². The van der Waals surface area contributed by atoms with Crippen LogP contribution >= 0.6 is 0 Å². The molecule has 1 fully saturated rings. The molecule has 1 aliphatic heterocycles. The van der Waals surface area contributed by atoms with E-state index in [1.54, 1.807) is 0 Å². The van der Waals surface area contributed by atoms with Gasteiger partial charge in [0, 0.05) is 6.54 Å². The van der Waals surface area contributed by atoms with Gasteiger partial charge in [-0.05, 0) is 24.5 Å². The van der Waals surface area contributed by atoms with Gasteiger partial charge < -0.3 is 5.32 Å². The summed E-state index contributed by atoms with van der Waals surface area (Å²) in [6.07, 6.45) is 1.99. The summed E-state index contributed by atoms with van der Waals surface area (Å²) < 4.78 is 22.8. The lowest BCUT2D eigenvalue weighted by Crippen LogP contribution is -2.30. The standard InChI is InChI=1S/C14H16N4O3S/c19-14(15-8-11-6-7-22(20,21)10-11)13-9-16-18(17-13)12-4-2-1-3-5-12/h1-5,9,11H,6-8,10H2,(H,15,19). The first-order valence-corrected chi connectivity index (χ1v) is 8.82. The van der Waals surface area contributed by atoms with Crippen LogP contribution in [0.5, 0.6) is 0 Å². The van der Waals surface area contributed by atoms with Gasteiger partial charge in [0.05, 0.1) is 23.4 Å². The number of nitrogens with zero attached hydrogens (tertiary/aromatic N) is 3. The molecule has 2 aromatic rings. The Hall–Kier alpha value is -2.22. The molecule has 0 saturated carbocycles. The third kappa shape index (κ3) is 3.33. The summed E-state index contributed by atoms with van der Waals surface area (Å²) in [7, 11) is -2.92. The number of carbonyl (C=O) groups excluding carboxylic acids is 1. The first-order chi connectivity index (χ1) is 10.5. The summed E-state index contributed by atoms with van der Waals surface area (Å²) >= 11 is 0. The third-order valence-electron chi connectivity index (χ3n) is 3.59. The molecule has 1 aromatic heterocycles. The van der Waals surface area contributed by atoms with Crippen molar-refractivity contribution in [2.24, 2.45) is 5.92 Å². The van der Waals surface area contributed by atoms with Gasteiger partial charge in [-0.1, -0.05) is 18.2 Å². The number of hydrogen-bond acceptors (Lipinski definition) is 5. The Kier molecular flexibility index (Phi) is 3.93. The van der Waals surface area contributed by atoms with E-state index in [0.717, 1.165) is 5.69 Å². The number of amides is 1. The van der Waals surface area contributed by atoms with Crippen LogP contribution in [-0.4, -0.2) is 47.4 Å². The molecular weight excluding hydrogens is 304 g/mol. The van der Waals surface area contributed by atoms with E-state index in [9.17, 15) is 13.2 Å². The van der Waals surface area contributed by atoms with E-state index in [1.807, 2.05) is 30.3 Å². The van der Waals surface area contributed by atoms with E-state index < -0.39 is 9.84 Å². The van der Waals surface area contributed by atoms with Crippen molar-refractivity contribution < 1.29 is 13.2 Å². The largest absolute Gasteiger partial charge is 0.350 e. The quantitative estimate of drug-likeness (QED) is 0.882. The van der Waals surface area contributed by atoms with Gasteiger partial charge in [-0.25, -0.2) is 8.42 Å². The zero-order valence-electron chi connectivity index (χ0n) is 11.8. The summed E-state index contributed by atoms with van der Waals surface area (Å²) in [6.45, 7) is 0.344. The van der Waals surface area contributed by atoms with E-state index in [4.69, 9.17) is 0 Å². The van der Waals surface area contributed by atoms with E-state index in [1.165, 1.54) is 11.0 Å². The second-order valence-electron chi connectivity index (χ2n) is 5.33. The molecule has 1 N–H and O–H groups in total. The van der Waals surface area contributed by atoms with Gasteiger partial charge in [0.15, 0.2) is 15.5 Å². The molecule has 0 aliphatic carbocycles. The summed E-state index contributed by atoms with van der Waals surface area (Å²) in [5, 5.41) is 10.9. The van der Waals surface area contributed by atoms with Gasteiger partial charge in [0.25, 0.3) is 5.91 Å². The molecule has 1 aromatic carbocycles. The van der Waals surface area contributed by atoms with Crippen molar-refractivity contribution in [3.8, 4) is 5.69 Å². The minimum Gasteiger partial charge on any atom is -0.350 e. The molecule has 0 radical (unpaired) electrons. The number of nitrogens with one attached hydrogen (secondary N) is 1. The molecule has 3 rings (SSSR count). The molecule has 1 aliphatic rings. The molecule has 1 unspecified atom stereocenters. The zero-order chi connectivity index (χ0) is 15.6. The van der Waals surface area contributed by atoms with E-state index in [2.05, 4.69) is 15.5 Å². The number of para-hydroxylation sites is 1. The highest BCUT2D eigenvalue weighted by Crippen LogP contribution is 2.17. The molecule has 1 amide bonds. The van der Waals surface area contributed by atoms with Crippen molar-refractivity contribution in [1.82, 2.24) is 20.3 Å². The van der Waals surface area contributed by atoms with Gasteiger partial charge in [-0.2, -0.15) is 9.90 Å². The molecular formula is C14H16N4O3S. The Balaban J connectivity index is 1.60. The lowest BCUT2D eigenvalue weighted by atomic mass is 10.1. The lowest BCUT2D eigenvalue weighted by molar-refractivity contribution is 0.0943. The normalized spacial score (nSPS) is 19.9. The monoisotopic (exact) mass is 320 g/mol. The topological polar surface area (TPSA) is 94.0 Å². The zero-order valence-corrected chi connectivity index (χ0v) is 12.7. The second-order valence-corrected chi connectivity index (χ2v) is 7.56. The highest BCUT2D eigenvalue weighted by molar-refractivity contribution is 7.91. The number of carbonyl (C=O) groups is 1.